The molecule has 6 rings (SSSR count). The van der Waals surface area contributed by atoms with Crippen LogP contribution in [0, 0.1) is 5.92 Å². The quantitative estimate of drug-likeness (QED) is 0.271. The van der Waals surface area contributed by atoms with E-state index in [-0.39, 0.29) is 27.9 Å². The number of aromatic nitrogens is 5. The average Bonchev–Trinajstić information content (AvgIpc) is 3.49. The topological polar surface area (TPSA) is 106 Å². The Morgan fingerprint density at radius 1 is 0.930 bits per heavy atom. The molecule has 0 spiro atoms. The molecule has 10 nitrogen and oxygen atoms in total. The second-order valence-corrected chi connectivity index (χ2v) is 12.5. The first-order valence-electron chi connectivity index (χ1n) is 14.1. The molecule has 0 N–H and O–H groups in total. The van der Waals surface area contributed by atoms with Gasteiger partial charge >= 0.3 is 0 Å². The number of carbonyl (C=O) groups excluding carboxylic acids is 2. The maximum Gasteiger partial charge on any atom is 0.291 e. The number of nitrogens with zero attached hydrogens (tertiary/aromatic N) is 7. The van der Waals surface area contributed by atoms with Crippen molar-refractivity contribution in [3.8, 4) is 5.69 Å². The van der Waals surface area contributed by atoms with Gasteiger partial charge in [0.15, 0.2) is 0 Å². The highest BCUT2D eigenvalue weighted by atomic mass is 79.9. The van der Waals surface area contributed by atoms with Crippen molar-refractivity contribution in [2.24, 2.45) is 5.92 Å². The van der Waals surface area contributed by atoms with Gasteiger partial charge in [0.25, 0.3) is 17.4 Å². The third kappa shape index (κ3) is 6.25. The molecule has 2 fully saturated rings. The second-order valence-electron chi connectivity index (χ2n) is 10.8. The number of hydrogen-bond donors (Lipinski definition) is 0. The highest BCUT2D eigenvalue weighted by Gasteiger charge is 2.32. The third-order valence-electron chi connectivity index (χ3n) is 8.06. The average molecular weight is 685 g/mol. The normalized spacial score (nSPS) is 17.8. The predicted molar refractivity (Wildman–Crippen MR) is 167 cm³/mol. The smallest absolute Gasteiger partial charge is 0.291 e. The van der Waals surface area contributed by atoms with E-state index < -0.39 is 5.56 Å². The lowest BCUT2D eigenvalue weighted by Crippen LogP contribution is -2.42. The zero-order valence-electron chi connectivity index (χ0n) is 23.1. The number of benzene rings is 2. The van der Waals surface area contributed by atoms with Crippen LogP contribution < -0.4 is 10.5 Å². The SMILES string of the molecule is O=C(c1ccc(-n2ncc(Cl)c(Cl)c2=O)cc1)N1CCC(Cc2cn(C3CCCN(c4ccc(Br)cc4)C3=O)nn2)CC1. The van der Waals surface area contributed by atoms with E-state index >= 15 is 0 Å². The lowest BCUT2D eigenvalue weighted by Gasteiger charge is -2.32. The molecule has 0 bridgehead atoms. The summed E-state index contributed by atoms with van der Waals surface area (Å²) < 4.78 is 3.83. The van der Waals surface area contributed by atoms with Crippen LogP contribution in [0.25, 0.3) is 5.69 Å². The molecule has 43 heavy (non-hydrogen) atoms. The molecule has 2 aromatic heterocycles. The van der Waals surface area contributed by atoms with Crippen molar-refractivity contribution in [1.82, 2.24) is 29.7 Å². The minimum atomic E-state index is -0.525. The van der Waals surface area contributed by atoms with Crippen molar-refractivity contribution in [1.29, 1.82) is 0 Å². The lowest BCUT2D eigenvalue weighted by molar-refractivity contribution is -0.123. The Morgan fingerprint density at radius 2 is 1.63 bits per heavy atom. The van der Waals surface area contributed by atoms with Crippen molar-refractivity contribution >= 4 is 56.6 Å². The Labute approximate surface area is 266 Å². The van der Waals surface area contributed by atoms with Crippen molar-refractivity contribution < 1.29 is 9.59 Å². The van der Waals surface area contributed by atoms with Crippen LogP contribution in [0.5, 0.6) is 0 Å². The van der Waals surface area contributed by atoms with Crippen molar-refractivity contribution in [3.63, 3.8) is 0 Å². The number of anilines is 1. The van der Waals surface area contributed by atoms with Crippen LogP contribution in [0.15, 0.2) is 70.2 Å². The van der Waals surface area contributed by atoms with Crippen LogP contribution in [-0.4, -0.2) is 61.1 Å². The van der Waals surface area contributed by atoms with E-state index in [4.69, 9.17) is 23.2 Å². The molecule has 2 aliphatic heterocycles. The Bertz CT molecular complexity index is 1700. The van der Waals surface area contributed by atoms with Crippen LogP contribution in [0.2, 0.25) is 10.0 Å². The first kappa shape index (κ1) is 29.5. The summed E-state index contributed by atoms with van der Waals surface area (Å²) in [4.78, 5) is 42.5. The van der Waals surface area contributed by atoms with Crippen molar-refractivity contribution in [2.45, 2.75) is 38.1 Å². The second kappa shape index (κ2) is 12.6. The molecule has 222 valence electrons. The van der Waals surface area contributed by atoms with Gasteiger partial charge in [-0.3, -0.25) is 14.4 Å². The van der Waals surface area contributed by atoms with Crippen LogP contribution in [-0.2, 0) is 11.2 Å². The summed E-state index contributed by atoms with van der Waals surface area (Å²) in [5, 5.41) is 12.7. The number of rotatable bonds is 6. The molecule has 2 amide bonds. The van der Waals surface area contributed by atoms with Gasteiger partial charge < -0.3 is 9.80 Å². The van der Waals surface area contributed by atoms with Gasteiger partial charge in [0, 0.05) is 41.6 Å². The molecular formula is C30H28BrCl2N7O3. The van der Waals surface area contributed by atoms with Gasteiger partial charge in [-0.1, -0.05) is 44.3 Å². The molecule has 4 aromatic rings. The van der Waals surface area contributed by atoms with Crippen molar-refractivity contribution in [3.05, 3.63) is 97.1 Å². The minimum absolute atomic E-state index is 0.0326. The molecule has 2 saturated heterocycles. The first-order chi connectivity index (χ1) is 20.8. The molecule has 2 aromatic carbocycles. The van der Waals surface area contributed by atoms with Crippen LogP contribution in [0.1, 0.15) is 47.8 Å². The van der Waals surface area contributed by atoms with Gasteiger partial charge in [0.05, 0.1) is 22.6 Å². The van der Waals surface area contributed by atoms with Gasteiger partial charge in [0.2, 0.25) is 0 Å². The number of likely N-dealkylation sites (tertiary alicyclic amines) is 1. The molecule has 0 saturated carbocycles. The van der Waals surface area contributed by atoms with E-state index in [9.17, 15) is 14.4 Å². The number of amides is 2. The monoisotopic (exact) mass is 683 g/mol. The summed E-state index contributed by atoms with van der Waals surface area (Å²) in [7, 11) is 0. The summed E-state index contributed by atoms with van der Waals surface area (Å²) in [6, 6.07) is 14.1. The van der Waals surface area contributed by atoms with Gasteiger partial charge in [-0.2, -0.15) is 9.78 Å². The van der Waals surface area contributed by atoms with Gasteiger partial charge in [-0.15, -0.1) is 5.10 Å². The highest BCUT2D eigenvalue weighted by molar-refractivity contribution is 9.10. The fraction of sp³-hybridized carbons (Fsp3) is 0.333. The van der Waals surface area contributed by atoms with Gasteiger partial charge in [-0.25, -0.2) is 4.68 Å². The summed E-state index contributed by atoms with van der Waals surface area (Å²) >= 11 is 15.3. The molecular weight excluding hydrogens is 657 g/mol. The minimum Gasteiger partial charge on any atom is -0.339 e. The molecule has 13 heteroatoms. The van der Waals surface area contributed by atoms with E-state index in [0.717, 1.165) is 52.6 Å². The van der Waals surface area contributed by atoms with E-state index in [1.54, 1.807) is 28.9 Å². The Balaban J connectivity index is 1.04. The molecule has 0 radical (unpaired) electrons. The maximum absolute atomic E-state index is 13.3. The van der Waals surface area contributed by atoms with Gasteiger partial charge in [-0.05, 0) is 86.6 Å². The standard InChI is InChI=1S/C30H28BrCl2N7O3/c31-21-5-9-23(10-6-21)38-13-1-2-26(29(38)42)39-18-22(35-36-39)16-19-11-14-37(15-12-19)28(41)20-3-7-24(8-4-20)40-30(43)27(33)25(32)17-34-40/h3-10,17-19,26H,1-2,11-16H2. The van der Waals surface area contributed by atoms with E-state index in [1.165, 1.54) is 6.20 Å². The molecule has 1 atom stereocenters. The van der Waals surface area contributed by atoms with E-state index in [1.807, 2.05) is 40.3 Å². The van der Waals surface area contributed by atoms with Crippen LogP contribution in [0.3, 0.4) is 0 Å². The molecule has 1 unspecified atom stereocenters. The fourth-order valence-electron chi connectivity index (χ4n) is 5.70. The Kier molecular flexibility index (Phi) is 8.65. The van der Waals surface area contributed by atoms with Crippen LogP contribution in [0.4, 0.5) is 5.69 Å². The molecule has 4 heterocycles. The first-order valence-corrected chi connectivity index (χ1v) is 15.6. The van der Waals surface area contributed by atoms with E-state index in [0.29, 0.717) is 36.8 Å². The van der Waals surface area contributed by atoms with Crippen LogP contribution >= 0.6 is 39.1 Å². The predicted octanol–water partition coefficient (Wildman–Crippen LogP) is 5.36. The molecule has 2 aliphatic rings. The zero-order valence-corrected chi connectivity index (χ0v) is 26.2. The number of carbonyl (C=O) groups is 2. The number of hydrogen-bond acceptors (Lipinski definition) is 6. The highest BCUT2D eigenvalue weighted by Crippen LogP contribution is 2.29. The number of halogens is 3. The summed E-state index contributed by atoms with van der Waals surface area (Å²) in [5.41, 5.74) is 2.24. The fourth-order valence-corrected chi connectivity index (χ4v) is 6.22. The largest absolute Gasteiger partial charge is 0.339 e. The van der Waals surface area contributed by atoms with Crippen molar-refractivity contribution in [2.75, 3.05) is 24.5 Å². The van der Waals surface area contributed by atoms with E-state index in [2.05, 4.69) is 31.3 Å². The zero-order chi connectivity index (χ0) is 30.1. The third-order valence-corrected chi connectivity index (χ3v) is 9.34. The maximum atomic E-state index is 13.3. The Morgan fingerprint density at radius 3 is 2.35 bits per heavy atom. The summed E-state index contributed by atoms with van der Waals surface area (Å²) in [6.45, 7) is 1.96. The summed E-state index contributed by atoms with van der Waals surface area (Å²) in [5.74, 6) is 0.340. The summed E-state index contributed by atoms with van der Waals surface area (Å²) in [6.07, 6.45) is 7.28. The molecule has 0 aliphatic carbocycles. The number of piperidine rings is 2. The van der Waals surface area contributed by atoms with Gasteiger partial charge in [0.1, 0.15) is 11.1 Å². The Hall–Kier alpha value is -3.54. The lowest BCUT2D eigenvalue weighted by atomic mass is 9.92.